The van der Waals surface area contributed by atoms with Crippen LogP contribution in [0.5, 0.6) is 0 Å². The molecule has 0 bridgehead atoms. The molecule has 0 aliphatic heterocycles. The molecule has 0 aliphatic rings. The second-order valence-electron chi connectivity index (χ2n) is 1.99. The van der Waals surface area contributed by atoms with Crippen LogP contribution in [0.3, 0.4) is 0 Å². The van der Waals surface area contributed by atoms with Crippen molar-refractivity contribution in [2.75, 3.05) is 0 Å². The van der Waals surface area contributed by atoms with E-state index >= 15 is 0 Å². The van der Waals surface area contributed by atoms with Crippen molar-refractivity contribution in [1.29, 1.82) is 0 Å². The molecule has 0 spiro atoms. The van der Waals surface area contributed by atoms with E-state index in [1.807, 2.05) is 0 Å². The number of thiophene rings is 1. The summed E-state index contributed by atoms with van der Waals surface area (Å²) in [5.41, 5.74) is 0.118. The van der Waals surface area contributed by atoms with Gasteiger partial charge in [0, 0.05) is 0 Å². The van der Waals surface area contributed by atoms with E-state index in [-0.39, 0.29) is 11.5 Å². The lowest BCUT2D eigenvalue weighted by atomic mass is 10.2. The molecule has 1 aromatic rings. The summed E-state index contributed by atoms with van der Waals surface area (Å²) < 4.78 is 0. The first-order valence-electron chi connectivity index (χ1n) is 3.02. The van der Waals surface area contributed by atoms with Crippen LogP contribution in [0.1, 0.15) is 16.6 Å². The number of hydrogen-bond donors (Lipinski definition) is 1. The maximum atomic E-state index is 11.2. The molecule has 0 saturated carbocycles. The fraction of sp³-hybridized carbons (Fsp3) is 0.143. The maximum Gasteiger partial charge on any atom is 0.220 e. The van der Waals surface area contributed by atoms with Gasteiger partial charge in [-0.2, -0.15) is 0 Å². The van der Waals surface area contributed by atoms with Gasteiger partial charge in [0.2, 0.25) is 5.78 Å². The van der Waals surface area contributed by atoms with Crippen molar-refractivity contribution in [1.82, 2.24) is 0 Å². The molecule has 1 rings (SSSR count). The van der Waals surface area contributed by atoms with Gasteiger partial charge in [0.25, 0.3) is 0 Å². The zero-order valence-corrected chi connectivity index (χ0v) is 6.76. The van der Waals surface area contributed by atoms with Crippen molar-refractivity contribution < 1.29 is 10.0 Å². The van der Waals surface area contributed by atoms with Gasteiger partial charge < -0.3 is 5.21 Å². The molecule has 0 aromatic carbocycles. The number of nitrogens with zero attached hydrogens (tertiary/aromatic N) is 1. The molecule has 1 aromatic heterocycles. The Morgan fingerprint density at radius 2 is 2.45 bits per heavy atom. The van der Waals surface area contributed by atoms with E-state index in [0.29, 0.717) is 4.88 Å². The van der Waals surface area contributed by atoms with Crippen LogP contribution in [0.15, 0.2) is 22.7 Å². The predicted octanol–water partition coefficient (Wildman–Crippen LogP) is 1.78. The SMILES string of the molecule is C/C(=N\O)C(=O)c1cccs1. The molecule has 4 heteroatoms. The minimum atomic E-state index is -0.220. The zero-order chi connectivity index (χ0) is 8.27. The highest BCUT2D eigenvalue weighted by Gasteiger charge is 2.09. The van der Waals surface area contributed by atoms with Crippen molar-refractivity contribution >= 4 is 22.8 Å². The minimum absolute atomic E-state index is 0.118. The molecule has 0 atom stereocenters. The molecular formula is C7H7NO2S. The Morgan fingerprint density at radius 3 is 2.91 bits per heavy atom. The quantitative estimate of drug-likeness (QED) is 0.317. The Bertz CT molecular complexity index is 277. The summed E-state index contributed by atoms with van der Waals surface area (Å²) in [4.78, 5) is 11.8. The Balaban J connectivity index is 2.87. The third-order valence-corrected chi connectivity index (χ3v) is 2.09. The van der Waals surface area contributed by atoms with Crippen LogP contribution < -0.4 is 0 Å². The number of Topliss-reactive ketones (excluding diaryl/α,β-unsaturated/α-hetero) is 1. The standard InChI is InChI=1S/C7H7NO2S/c1-5(8-10)7(9)6-3-2-4-11-6/h2-4,10H,1H3/b8-5+. The monoisotopic (exact) mass is 169 g/mol. The van der Waals surface area contributed by atoms with Crippen LogP contribution in [-0.4, -0.2) is 16.7 Å². The van der Waals surface area contributed by atoms with Crippen LogP contribution in [0.4, 0.5) is 0 Å². The van der Waals surface area contributed by atoms with Gasteiger partial charge in [0.1, 0.15) is 5.71 Å². The normalized spacial score (nSPS) is 11.5. The first-order valence-corrected chi connectivity index (χ1v) is 3.90. The summed E-state index contributed by atoms with van der Waals surface area (Å²) in [7, 11) is 0. The van der Waals surface area contributed by atoms with E-state index in [2.05, 4.69) is 5.16 Å². The smallest absolute Gasteiger partial charge is 0.220 e. The summed E-state index contributed by atoms with van der Waals surface area (Å²) in [6.07, 6.45) is 0. The van der Waals surface area contributed by atoms with E-state index in [0.717, 1.165) is 0 Å². The lowest BCUT2D eigenvalue weighted by molar-refractivity contribution is 0.106. The van der Waals surface area contributed by atoms with E-state index in [4.69, 9.17) is 5.21 Å². The molecule has 58 valence electrons. The van der Waals surface area contributed by atoms with Crippen molar-refractivity contribution in [3.8, 4) is 0 Å². The maximum absolute atomic E-state index is 11.2. The summed E-state index contributed by atoms with van der Waals surface area (Å²) in [5.74, 6) is -0.220. The van der Waals surface area contributed by atoms with E-state index in [9.17, 15) is 4.79 Å². The number of carbonyl (C=O) groups excluding carboxylic acids is 1. The summed E-state index contributed by atoms with van der Waals surface area (Å²) in [6, 6.07) is 3.48. The molecule has 0 aliphatic carbocycles. The molecule has 0 fully saturated rings. The van der Waals surface area contributed by atoms with Crippen LogP contribution in [0.2, 0.25) is 0 Å². The summed E-state index contributed by atoms with van der Waals surface area (Å²) in [6.45, 7) is 1.47. The number of rotatable bonds is 2. The highest BCUT2D eigenvalue weighted by molar-refractivity contribution is 7.13. The summed E-state index contributed by atoms with van der Waals surface area (Å²) in [5, 5.41) is 12.9. The number of carbonyl (C=O) groups is 1. The van der Waals surface area contributed by atoms with Crippen LogP contribution in [0.25, 0.3) is 0 Å². The Morgan fingerprint density at radius 1 is 1.73 bits per heavy atom. The molecule has 0 unspecified atom stereocenters. The highest BCUT2D eigenvalue weighted by atomic mass is 32.1. The van der Waals surface area contributed by atoms with Gasteiger partial charge in [-0.25, -0.2) is 0 Å². The van der Waals surface area contributed by atoms with Gasteiger partial charge in [0.15, 0.2) is 0 Å². The Hall–Kier alpha value is -1.16. The van der Waals surface area contributed by atoms with E-state index in [1.165, 1.54) is 18.3 Å². The molecule has 11 heavy (non-hydrogen) atoms. The molecule has 0 radical (unpaired) electrons. The Kier molecular flexibility index (Phi) is 2.38. The first-order chi connectivity index (χ1) is 5.25. The van der Waals surface area contributed by atoms with Gasteiger partial charge in [-0.15, -0.1) is 11.3 Å². The minimum Gasteiger partial charge on any atom is -0.411 e. The third kappa shape index (κ3) is 1.65. The second-order valence-corrected chi connectivity index (χ2v) is 2.94. The van der Waals surface area contributed by atoms with Gasteiger partial charge in [-0.05, 0) is 18.4 Å². The molecule has 1 N–H and O–H groups in total. The third-order valence-electron chi connectivity index (χ3n) is 1.22. The lowest BCUT2D eigenvalue weighted by Gasteiger charge is -1.91. The lowest BCUT2D eigenvalue weighted by Crippen LogP contribution is -2.08. The fourth-order valence-electron chi connectivity index (χ4n) is 0.631. The van der Waals surface area contributed by atoms with Crippen LogP contribution in [0, 0.1) is 0 Å². The number of ketones is 1. The van der Waals surface area contributed by atoms with E-state index < -0.39 is 0 Å². The molecule has 1 heterocycles. The van der Waals surface area contributed by atoms with Crippen molar-refractivity contribution in [2.24, 2.45) is 5.16 Å². The number of oxime groups is 1. The van der Waals surface area contributed by atoms with Crippen molar-refractivity contribution in [2.45, 2.75) is 6.92 Å². The van der Waals surface area contributed by atoms with E-state index in [1.54, 1.807) is 17.5 Å². The second kappa shape index (κ2) is 3.30. The molecular weight excluding hydrogens is 162 g/mol. The topological polar surface area (TPSA) is 49.7 Å². The average molecular weight is 169 g/mol. The first kappa shape index (κ1) is 7.94. The van der Waals surface area contributed by atoms with Crippen LogP contribution in [-0.2, 0) is 0 Å². The molecule has 0 amide bonds. The summed E-state index contributed by atoms with van der Waals surface area (Å²) >= 11 is 1.33. The largest absolute Gasteiger partial charge is 0.411 e. The van der Waals surface area contributed by atoms with Gasteiger partial charge in [0.05, 0.1) is 4.88 Å². The van der Waals surface area contributed by atoms with Gasteiger partial charge >= 0.3 is 0 Å². The van der Waals surface area contributed by atoms with Crippen molar-refractivity contribution in [3.63, 3.8) is 0 Å². The van der Waals surface area contributed by atoms with Gasteiger partial charge in [-0.1, -0.05) is 11.2 Å². The van der Waals surface area contributed by atoms with Crippen LogP contribution >= 0.6 is 11.3 Å². The fourth-order valence-corrected chi connectivity index (χ4v) is 1.35. The average Bonchev–Trinajstić information content (AvgIpc) is 2.53. The highest BCUT2D eigenvalue weighted by Crippen LogP contribution is 2.09. The van der Waals surface area contributed by atoms with Gasteiger partial charge in [-0.3, -0.25) is 4.79 Å². The number of hydrogen-bond acceptors (Lipinski definition) is 4. The molecule has 3 nitrogen and oxygen atoms in total. The zero-order valence-electron chi connectivity index (χ0n) is 5.94. The van der Waals surface area contributed by atoms with Crippen molar-refractivity contribution in [3.05, 3.63) is 22.4 Å². The molecule has 0 saturated heterocycles. The Labute approximate surface area is 68.0 Å². The predicted molar refractivity (Wildman–Crippen MR) is 43.5 cm³/mol.